The van der Waals surface area contributed by atoms with Gasteiger partial charge in [0.1, 0.15) is 11.2 Å². The maximum Gasteiger partial charge on any atom is 0.194 e. The molecule has 0 radical (unpaired) electrons. The van der Waals surface area contributed by atoms with Crippen molar-refractivity contribution < 1.29 is 29.4 Å². The summed E-state index contributed by atoms with van der Waals surface area (Å²) in [5.41, 5.74) is -2.31. The second kappa shape index (κ2) is 8.52. The molecule has 0 aromatic heterocycles. The molecule has 0 bridgehead atoms. The molecule has 1 aliphatic rings. The maximum absolute atomic E-state index is 13.3. The van der Waals surface area contributed by atoms with Gasteiger partial charge in [-0.25, -0.2) is 0 Å². The molecule has 0 unspecified atom stereocenters. The van der Waals surface area contributed by atoms with Crippen LogP contribution in [0.4, 0.5) is 0 Å². The highest BCUT2D eigenvalue weighted by molar-refractivity contribution is 6.29. The minimum absolute atomic E-state index is 0.0637. The molecule has 0 saturated carbocycles. The van der Waals surface area contributed by atoms with Gasteiger partial charge in [-0.2, -0.15) is 0 Å². The number of rotatable bonds is 8. The number of Topliss-reactive ketones (excluding diaryl/α,β-unsaturated/α-hetero) is 2. The van der Waals surface area contributed by atoms with Crippen molar-refractivity contribution in [2.45, 2.75) is 64.6 Å². The Balaban J connectivity index is 2.09. The lowest BCUT2D eigenvalue weighted by Crippen LogP contribution is -2.37. The van der Waals surface area contributed by atoms with E-state index in [0.29, 0.717) is 0 Å². The average molecular weight is 437 g/mol. The fraction of sp³-hybridized carbons (Fsp3) is 0.385. The maximum atomic E-state index is 13.3. The van der Waals surface area contributed by atoms with Crippen molar-refractivity contribution in [1.29, 1.82) is 0 Å². The molecule has 0 saturated heterocycles. The summed E-state index contributed by atoms with van der Waals surface area (Å²) in [6.07, 6.45) is 0.882. The third-order valence-corrected chi connectivity index (χ3v) is 6.73. The van der Waals surface area contributed by atoms with E-state index in [1.165, 1.54) is 36.4 Å². The van der Waals surface area contributed by atoms with Crippen LogP contribution in [0.1, 0.15) is 106 Å². The standard InChI is InChI=1S/C26H28O6/c1-5-25(31,6-2)23(29)15-9-11-17-19(13-15)22(28)20-14-16(10-12-18(20)21(17)27)24(30)26(32,7-3)8-4/h9-14,31-32H,5-8H2,1-4H3. The minimum Gasteiger partial charge on any atom is -0.382 e. The predicted molar refractivity (Wildman–Crippen MR) is 119 cm³/mol. The molecule has 6 heteroatoms. The fourth-order valence-electron chi connectivity index (χ4n) is 4.11. The molecule has 1 aliphatic carbocycles. The van der Waals surface area contributed by atoms with Gasteiger partial charge in [0.25, 0.3) is 0 Å². The normalized spacial score (nSPS) is 13.6. The average Bonchev–Trinajstić information content (AvgIpc) is 2.84. The highest BCUT2D eigenvalue weighted by Gasteiger charge is 2.37. The molecule has 2 aromatic carbocycles. The number of carbonyl (C=O) groups is 4. The van der Waals surface area contributed by atoms with Crippen LogP contribution in [-0.4, -0.2) is 44.5 Å². The molecular weight excluding hydrogens is 408 g/mol. The predicted octanol–water partition coefficient (Wildman–Crippen LogP) is 3.93. The van der Waals surface area contributed by atoms with Crippen LogP contribution < -0.4 is 0 Å². The molecule has 0 heterocycles. The highest BCUT2D eigenvalue weighted by Crippen LogP contribution is 2.32. The summed E-state index contributed by atoms with van der Waals surface area (Å²) >= 11 is 0. The van der Waals surface area contributed by atoms with Crippen LogP contribution in [0.2, 0.25) is 0 Å². The summed E-state index contributed by atoms with van der Waals surface area (Å²) in [5.74, 6) is -1.87. The summed E-state index contributed by atoms with van der Waals surface area (Å²) in [6.45, 7) is 6.82. The zero-order valence-corrected chi connectivity index (χ0v) is 18.8. The van der Waals surface area contributed by atoms with E-state index in [2.05, 4.69) is 0 Å². The van der Waals surface area contributed by atoms with Gasteiger partial charge in [-0.05, 0) is 49.9 Å². The van der Waals surface area contributed by atoms with Crippen molar-refractivity contribution >= 4 is 23.1 Å². The Morgan fingerprint density at radius 3 is 1.25 bits per heavy atom. The van der Waals surface area contributed by atoms with Crippen molar-refractivity contribution in [3.05, 3.63) is 69.8 Å². The minimum atomic E-state index is -1.54. The van der Waals surface area contributed by atoms with Crippen molar-refractivity contribution in [3.63, 3.8) is 0 Å². The first-order chi connectivity index (χ1) is 15.1. The lowest BCUT2D eigenvalue weighted by Gasteiger charge is -2.25. The molecule has 0 spiro atoms. The quantitative estimate of drug-likeness (QED) is 0.518. The van der Waals surface area contributed by atoms with Gasteiger partial charge in [0.2, 0.25) is 0 Å². The van der Waals surface area contributed by atoms with Crippen molar-refractivity contribution in [2.75, 3.05) is 0 Å². The molecule has 2 N–H and O–H groups in total. The highest BCUT2D eigenvalue weighted by atomic mass is 16.3. The van der Waals surface area contributed by atoms with Gasteiger partial charge < -0.3 is 10.2 Å². The third kappa shape index (κ3) is 3.63. The first kappa shape index (κ1) is 23.7. The van der Waals surface area contributed by atoms with E-state index in [-0.39, 0.29) is 64.8 Å². The lowest BCUT2D eigenvalue weighted by atomic mass is 9.79. The van der Waals surface area contributed by atoms with E-state index in [0.717, 1.165) is 0 Å². The fourth-order valence-corrected chi connectivity index (χ4v) is 4.11. The third-order valence-electron chi connectivity index (χ3n) is 6.73. The van der Waals surface area contributed by atoms with Crippen LogP contribution >= 0.6 is 0 Å². The van der Waals surface area contributed by atoms with Crippen molar-refractivity contribution in [3.8, 4) is 0 Å². The van der Waals surface area contributed by atoms with Crippen molar-refractivity contribution in [2.24, 2.45) is 0 Å². The molecule has 6 nitrogen and oxygen atoms in total. The van der Waals surface area contributed by atoms with Gasteiger partial charge in [0.05, 0.1) is 0 Å². The number of benzene rings is 2. The molecule has 3 rings (SSSR count). The number of fused-ring (bicyclic) bond motifs is 2. The summed E-state index contributed by atoms with van der Waals surface area (Å²) in [5, 5.41) is 21.2. The van der Waals surface area contributed by atoms with E-state index < -0.39 is 28.6 Å². The van der Waals surface area contributed by atoms with E-state index in [4.69, 9.17) is 0 Å². The first-order valence-electron chi connectivity index (χ1n) is 11.0. The summed E-state index contributed by atoms with van der Waals surface area (Å²) in [7, 11) is 0. The Morgan fingerprint density at radius 1 is 0.625 bits per heavy atom. The Hall–Kier alpha value is -2.96. The van der Waals surface area contributed by atoms with E-state index in [9.17, 15) is 29.4 Å². The summed E-state index contributed by atoms with van der Waals surface area (Å²) in [4.78, 5) is 52.0. The lowest BCUT2D eigenvalue weighted by molar-refractivity contribution is 0.0277. The molecular formula is C26H28O6. The molecule has 0 atom stereocenters. The van der Waals surface area contributed by atoms with Gasteiger partial charge in [0, 0.05) is 33.4 Å². The molecule has 168 valence electrons. The van der Waals surface area contributed by atoms with E-state index >= 15 is 0 Å². The number of hydrogen-bond donors (Lipinski definition) is 2. The zero-order valence-electron chi connectivity index (χ0n) is 18.8. The van der Waals surface area contributed by atoms with Gasteiger partial charge in [-0.15, -0.1) is 0 Å². The zero-order chi connectivity index (χ0) is 23.8. The molecule has 32 heavy (non-hydrogen) atoms. The number of aliphatic hydroxyl groups is 2. The Bertz CT molecular complexity index is 1030. The van der Waals surface area contributed by atoms with Gasteiger partial charge >= 0.3 is 0 Å². The number of hydrogen-bond acceptors (Lipinski definition) is 6. The number of carbonyl (C=O) groups excluding carboxylic acids is 4. The van der Waals surface area contributed by atoms with Crippen LogP contribution in [0.25, 0.3) is 0 Å². The van der Waals surface area contributed by atoms with Crippen LogP contribution in [-0.2, 0) is 0 Å². The largest absolute Gasteiger partial charge is 0.382 e. The smallest absolute Gasteiger partial charge is 0.194 e. The number of ketones is 4. The van der Waals surface area contributed by atoms with Crippen LogP contribution in [0.5, 0.6) is 0 Å². The molecule has 2 aromatic rings. The van der Waals surface area contributed by atoms with E-state index in [1.807, 2.05) is 0 Å². The van der Waals surface area contributed by atoms with E-state index in [1.54, 1.807) is 27.7 Å². The topological polar surface area (TPSA) is 109 Å². The van der Waals surface area contributed by atoms with Gasteiger partial charge in [-0.3, -0.25) is 19.2 Å². The first-order valence-corrected chi connectivity index (χ1v) is 11.0. The second-order valence-corrected chi connectivity index (χ2v) is 8.31. The van der Waals surface area contributed by atoms with Crippen LogP contribution in [0.15, 0.2) is 36.4 Å². The van der Waals surface area contributed by atoms with Gasteiger partial charge in [0.15, 0.2) is 23.1 Å². The Kier molecular flexibility index (Phi) is 6.31. The summed E-state index contributed by atoms with van der Waals surface area (Å²) < 4.78 is 0. The van der Waals surface area contributed by atoms with Crippen molar-refractivity contribution in [1.82, 2.24) is 0 Å². The van der Waals surface area contributed by atoms with Gasteiger partial charge in [-0.1, -0.05) is 39.8 Å². The molecule has 0 amide bonds. The Labute approximate surface area is 187 Å². The second-order valence-electron chi connectivity index (χ2n) is 8.31. The molecule has 0 fully saturated rings. The van der Waals surface area contributed by atoms with Crippen LogP contribution in [0.3, 0.4) is 0 Å². The molecule has 0 aliphatic heterocycles. The monoisotopic (exact) mass is 436 g/mol. The van der Waals surface area contributed by atoms with Crippen LogP contribution in [0, 0.1) is 0 Å². The SMILES string of the molecule is CCC(O)(CC)C(=O)c1ccc2c(c1)C(=O)c1cc(C(=O)C(O)(CC)CC)ccc1C2=O. The Morgan fingerprint density at radius 2 is 0.938 bits per heavy atom. The summed E-state index contributed by atoms with van der Waals surface area (Å²) in [6, 6.07) is 8.47.